The molecule has 5 nitrogen and oxygen atoms in total. The van der Waals surface area contributed by atoms with Gasteiger partial charge in [0.15, 0.2) is 6.61 Å². The average Bonchev–Trinajstić information content (AvgIpc) is 3.32. The van der Waals surface area contributed by atoms with Gasteiger partial charge in [-0.15, -0.1) is 11.3 Å². The SMILES string of the molecule is CCC(C)(C)c1ccc(Oc2ccc(NC(=O)COC(=O)/C=C/c3cccs3)cc2)cc1. The summed E-state index contributed by atoms with van der Waals surface area (Å²) in [6.45, 7) is 6.27. The van der Waals surface area contributed by atoms with Crippen LogP contribution in [0.5, 0.6) is 11.5 Å². The molecule has 6 heteroatoms. The first-order valence-corrected chi connectivity index (χ1v) is 11.3. The summed E-state index contributed by atoms with van der Waals surface area (Å²) in [6, 6.07) is 18.9. The Balaban J connectivity index is 1.47. The van der Waals surface area contributed by atoms with Crippen molar-refractivity contribution in [3.8, 4) is 11.5 Å². The zero-order valence-corrected chi connectivity index (χ0v) is 19.3. The van der Waals surface area contributed by atoms with Crippen molar-refractivity contribution in [2.24, 2.45) is 0 Å². The van der Waals surface area contributed by atoms with Crippen molar-refractivity contribution < 1.29 is 19.1 Å². The Morgan fingerprint density at radius 2 is 1.66 bits per heavy atom. The molecule has 32 heavy (non-hydrogen) atoms. The van der Waals surface area contributed by atoms with Crippen LogP contribution in [0.4, 0.5) is 5.69 Å². The zero-order chi connectivity index (χ0) is 23.0. The standard InChI is InChI=1S/C26H27NO4S/c1-4-26(2,3)19-7-11-21(12-8-19)31-22-13-9-20(10-14-22)27-24(28)18-30-25(29)16-15-23-6-5-17-32-23/h5-17H,4,18H2,1-3H3,(H,27,28)/b16-15+. The van der Waals surface area contributed by atoms with Gasteiger partial charge in [0.1, 0.15) is 11.5 Å². The van der Waals surface area contributed by atoms with Crippen molar-refractivity contribution in [1.82, 2.24) is 0 Å². The zero-order valence-electron chi connectivity index (χ0n) is 18.5. The van der Waals surface area contributed by atoms with Gasteiger partial charge in [0.05, 0.1) is 0 Å². The van der Waals surface area contributed by atoms with Crippen molar-refractivity contribution in [3.05, 3.63) is 82.6 Å². The number of hydrogen-bond donors (Lipinski definition) is 1. The average molecular weight is 450 g/mol. The topological polar surface area (TPSA) is 64.6 Å². The van der Waals surface area contributed by atoms with Crippen LogP contribution >= 0.6 is 11.3 Å². The molecule has 3 rings (SSSR count). The monoisotopic (exact) mass is 449 g/mol. The van der Waals surface area contributed by atoms with Crippen LogP contribution in [0.15, 0.2) is 72.1 Å². The number of anilines is 1. The fraction of sp³-hybridized carbons (Fsp3) is 0.231. The number of hydrogen-bond acceptors (Lipinski definition) is 5. The summed E-state index contributed by atoms with van der Waals surface area (Å²) in [7, 11) is 0. The van der Waals surface area contributed by atoms with Crippen LogP contribution in [-0.2, 0) is 19.7 Å². The third-order valence-corrected chi connectivity index (χ3v) is 6.00. The molecule has 0 atom stereocenters. The highest BCUT2D eigenvalue weighted by molar-refractivity contribution is 7.10. The lowest BCUT2D eigenvalue weighted by atomic mass is 9.82. The normalized spacial score (nSPS) is 11.3. The van der Waals surface area contributed by atoms with E-state index in [0.717, 1.165) is 17.0 Å². The highest BCUT2D eigenvalue weighted by atomic mass is 32.1. The molecule has 0 radical (unpaired) electrons. The molecule has 0 saturated carbocycles. The second kappa shape index (κ2) is 10.8. The largest absolute Gasteiger partial charge is 0.457 e. The Labute approximate surface area is 192 Å². The van der Waals surface area contributed by atoms with E-state index in [9.17, 15) is 9.59 Å². The van der Waals surface area contributed by atoms with Crippen molar-refractivity contribution in [1.29, 1.82) is 0 Å². The third kappa shape index (κ3) is 6.82. The van der Waals surface area contributed by atoms with E-state index in [1.807, 2.05) is 29.6 Å². The smallest absolute Gasteiger partial charge is 0.331 e. The first-order valence-electron chi connectivity index (χ1n) is 10.4. The molecule has 1 amide bonds. The first kappa shape index (κ1) is 23.3. The lowest BCUT2D eigenvalue weighted by Gasteiger charge is -2.23. The van der Waals surface area contributed by atoms with E-state index in [1.54, 1.807) is 30.3 Å². The van der Waals surface area contributed by atoms with Crippen molar-refractivity contribution in [2.75, 3.05) is 11.9 Å². The first-order chi connectivity index (χ1) is 15.4. The number of amides is 1. The summed E-state index contributed by atoms with van der Waals surface area (Å²) in [5, 5.41) is 4.61. The van der Waals surface area contributed by atoms with E-state index in [-0.39, 0.29) is 12.0 Å². The van der Waals surface area contributed by atoms with Gasteiger partial charge in [-0.25, -0.2) is 4.79 Å². The van der Waals surface area contributed by atoms with Gasteiger partial charge in [0.2, 0.25) is 0 Å². The van der Waals surface area contributed by atoms with Gasteiger partial charge >= 0.3 is 5.97 Å². The van der Waals surface area contributed by atoms with Crippen LogP contribution in [0.1, 0.15) is 37.6 Å². The maximum Gasteiger partial charge on any atom is 0.331 e. The highest BCUT2D eigenvalue weighted by Gasteiger charge is 2.17. The second-order valence-electron chi connectivity index (χ2n) is 7.89. The van der Waals surface area contributed by atoms with Gasteiger partial charge in [-0.05, 0) is 71.3 Å². The Hall–Kier alpha value is -3.38. The summed E-state index contributed by atoms with van der Waals surface area (Å²) >= 11 is 1.51. The van der Waals surface area contributed by atoms with Gasteiger partial charge in [-0.3, -0.25) is 4.79 Å². The molecule has 1 heterocycles. The Morgan fingerprint density at radius 1 is 1.00 bits per heavy atom. The molecule has 3 aromatic rings. The summed E-state index contributed by atoms with van der Waals surface area (Å²) in [4.78, 5) is 24.7. The third-order valence-electron chi connectivity index (χ3n) is 5.17. The predicted octanol–water partition coefficient (Wildman–Crippen LogP) is 6.42. The molecule has 0 unspecified atom stereocenters. The van der Waals surface area contributed by atoms with Crippen molar-refractivity contribution >= 4 is 35.0 Å². The van der Waals surface area contributed by atoms with Crippen LogP contribution in [-0.4, -0.2) is 18.5 Å². The molecule has 0 saturated heterocycles. The number of nitrogens with one attached hydrogen (secondary N) is 1. The van der Waals surface area contributed by atoms with E-state index >= 15 is 0 Å². The minimum atomic E-state index is -0.564. The van der Waals surface area contributed by atoms with Crippen molar-refractivity contribution in [2.45, 2.75) is 32.6 Å². The van der Waals surface area contributed by atoms with E-state index in [0.29, 0.717) is 11.4 Å². The fourth-order valence-corrected chi connectivity index (χ4v) is 3.46. The van der Waals surface area contributed by atoms with E-state index < -0.39 is 11.9 Å². The maximum atomic E-state index is 12.0. The number of rotatable bonds is 9. The molecule has 166 valence electrons. The number of esters is 1. The second-order valence-corrected chi connectivity index (χ2v) is 8.87. The number of carbonyl (C=O) groups is 2. The molecule has 1 aromatic heterocycles. The van der Waals surface area contributed by atoms with Crippen LogP contribution in [0.25, 0.3) is 6.08 Å². The highest BCUT2D eigenvalue weighted by Crippen LogP contribution is 2.29. The molecule has 2 aromatic carbocycles. The molecular weight excluding hydrogens is 422 g/mol. The number of thiophene rings is 1. The molecule has 0 aliphatic heterocycles. The Bertz CT molecular complexity index is 1050. The Morgan fingerprint density at radius 3 is 2.25 bits per heavy atom. The maximum absolute atomic E-state index is 12.0. The number of ether oxygens (including phenoxy) is 2. The quantitative estimate of drug-likeness (QED) is 0.302. The van der Waals surface area contributed by atoms with Gasteiger partial charge < -0.3 is 14.8 Å². The Kier molecular flexibility index (Phi) is 7.84. The van der Waals surface area contributed by atoms with E-state index in [4.69, 9.17) is 9.47 Å². The molecule has 1 N–H and O–H groups in total. The molecule has 0 aliphatic carbocycles. The van der Waals surface area contributed by atoms with Crippen LogP contribution < -0.4 is 10.1 Å². The molecule has 0 bridgehead atoms. The summed E-state index contributed by atoms with van der Waals surface area (Å²) in [5.74, 6) is 0.437. The van der Waals surface area contributed by atoms with Gasteiger partial charge in [0, 0.05) is 16.6 Å². The molecule has 0 spiro atoms. The van der Waals surface area contributed by atoms with Gasteiger partial charge in [-0.2, -0.15) is 0 Å². The summed E-state index contributed by atoms with van der Waals surface area (Å²) in [5.41, 5.74) is 1.99. The number of carbonyl (C=O) groups excluding carboxylic acids is 2. The van der Waals surface area contributed by atoms with Gasteiger partial charge in [-0.1, -0.05) is 39.0 Å². The van der Waals surface area contributed by atoms with Crippen molar-refractivity contribution in [3.63, 3.8) is 0 Å². The molecule has 0 aliphatic rings. The van der Waals surface area contributed by atoms with Crippen LogP contribution in [0.2, 0.25) is 0 Å². The number of benzene rings is 2. The van der Waals surface area contributed by atoms with E-state index in [1.165, 1.54) is 23.0 Å². The summed E-state index contributed by atoms with van der Waals surface area (Å²) < 4.78 is 10.8. The lowest BCUT2D eigenvalue weighted by molar-refractivity contribution is -0.142. The minimum Gasteiger partial charge on any atom is -0.457 e. The molecule has 0 fully saturated rings. The minimum absolute atomic E-state index is 0.132. The fourth-order valence-electron chi connectivity index (χ4n) is 2.84. The lowest BCUT2D eigenvalue weighted by Crippen LogP contribution is -2.20. The summed E-state index contributed by atoms with van der Waals surface area (Å²) in [6.07, 6.45) is 4.02. The predicted molar refractivity (Wildman–Crippen MR) is 129 cm³/mol. The van der Waals surface area contributed by atoms with E-state index in [2.05, 4.69) is 38.2 Å². The molecular formula is C26H27NO4S. The van der Waals surface area contributed by atoms with Crippen LogP contribution in [0, 0.1) is 0 Å². The van der Waals surface area contributed by atoms with Crippen LogP contribution in [0.3, 0.4) is 0 Å². The van der Waals surface area contributed by atoms with Gasteiger partial charge in [0.25, 0.3) is 5.91 Å².